The van der Waals surface area contributed by atoms with Gasteiger partial charge in [0.1, 0.15) is 5.82 Å². The molecule has 0 unspecified atom stereocenters. The van der Waals surface area contributed by atoms with Crippen molar-refractivity contribution in [2.24, 2.45) is 0 Å². The van der Waals surface area contributed by atoms with Crippen LogP contribution in [0.1, 0.15) is 7.43 Å². The topological polar surface area (TPSA) is 93.3 Å². The fourth-order valence-electron chi connectivity index (χ4n) is 3.05. The van der Waals surface area contributed by atoms with Crippen LogP contribution in [-0.2, 0) is 10.0 Å². The molecule has 0 fully saturated rings. The van der Waals surface area contributed by atoms with E-state index in [4.69, 9.17) is 9.47 Å². The predicted molar refractivity (Wildman–Crippen MR) is 119 cm³/mol. The number of rotatable bonds is 6. The number of anilines is 1. The van der Waals surface area contributed by atoms with E-state index >= 15 is 0 Å². The summed E-state index contributed by atoms with van der Waals surface area (Å²) >= 11 is 0. The molecule has 0 aliphatic heterocycles. The number of nitrogens with zero attached hydrogens (tertiary/aromatic N) is 1. The minimum atomic E-state index is -3.86. The largest absolute Gasteiger partial charge is 0.493 e. The molecule has 30 heavy (non-hydrogen) atoms. The Balaban J connectivity index is 0.00000256. The van der Waals surface area contributed by atoms with E-state index in [1.165, 1.54) is 26.4 Å². The molecule has 7 nitrogen and oxygen atoms in total. The van der Waals surface area contributed by atoms with Crippen LogP contribution in [0, 0.1) is 0 Å². The van der Waals surface area contributed by atoms with Crippen molar-refractivity contribution in [2.75, 3.05) is 18.9 Å². The van der Waals surface area contributed by atoms with Crippen LogP contribution in [0.25, 0.3) is 22.4 Å². The summed E-state index contributed by atoms with van der Waals surface area (Å²) in [4.78, 5) is 7.86. The Bertz CT molecular complexity index is 1250. The maximum atomic E-state index is 13.0. The number of fused-ring (bicyclic) bond motifs is 1. The lowest BCUT2D eigenvalue weighted by Gasteiger charge is -2.13. The maximum absolute atomic E-state index is 13.0. The van der Waals surface area contributed by atoms with E-state index in [2.05, 4.69) is 14.7 Å². The van der Waals surface area contributed by atoms with E-state index < -0.39 is 10.0 Å². The van der Waals surface area contributed by atoms with Crippen LogP contribution in [0.4, 0.5) is 5.69 Å². The summed E-state index contributed by atoms with van der Waals surface area (Å²) in [7, 11) is -0.908. The van der Waals surface area contributed by atoms with Gasteiger partial charge in [0.15, 0.2) is 11.5 Å². The van der Waals surface area contributed by atoms with Crippen LogP contribution in [0.3, 0.4) is 0 Å². The summed E-state index contributed by atoms with van der Waals surface area (Å²) in [6.07, 6.45) is 0. The molecule has 156 valence electrons. The number of hydrogen-bond acceptors (Lipinski definition) is 5. The molecule has 2 N–H and O–H groups in total. The Morgan fingerprint density at radius 3 is 2.33 bits per heavy atom. The van der Waals surface area contributed by atoms with E-state index in [9.17, 15) is 8.42 Å². The first-order valence-corrected chi connectivity index (χ1v) is 10.3. The number of aromatic nitrogens is 2. The molecule has 4 rings (SSSR count). The average Bonchev–Trinajstić information content (AvgIpc) is 3.17. The first-order chi connectivity index (χ1) is 14.0. The predicted octanol–water partition coefficient (Wildman–Crippen LogP) is 4.68. The van der Waals surface area contributed by atoms with Crippen LogP contribution in [0.15, 0.2) is 71.6 Å². The molecular weight excluding hydrogens is 402 g/mol. The first-order valence-electron chi connectivity index (χ1n) is 8.81. The molecule has 0 aliphatic rings. The summed E-state index contributed by atoms with van der Waals surface area (Å²) in [5.74, 6) is 1.37. The number of para-hydroxylation sites is 3. The van der Waals surface area contributed by atoms with Gasteiger partial charge in [-0.1, -0.05) is 31.7 Å². The second-order valence-corrected chi connectivity index (χ2v) is 7.95. The summed E-state index contributed by atoms with van der Waals surface area (Å²) in [5.41, 5.74) is 2.74. The SMILES string of the molecule is C.COc1ccc(S(=O)(=O)Nc2ccccc2-c2nc3ccccc3[nH]2)cc1OC. The third-order valence-electron chi connectivity index (χ3n) is 4.48. The van der Waals surface area contributed by atoms with E-state index in [0.717, 1.165) is 11.0 Å². The molecule has 0 bridgehead atoms. The van der Waals surface area contributed by atoms with Gasteiger partial charge < -0.3 is 14.5 Å². The average molecular weight is 426 g/mol. The second kappa shape index (κ2) is 8.46. The highest BCUT2D eigenvalue weighted by atomic mass is 32.2. The molecule has 0 radical (unpaired) electrons. The molecule has 1 aromatic heterocycles. The molecule has 1 heterocycles. The number of ether oxygens (including phenoxy) is 2. The molecular formula is C22H23N3O4S. The highest BCUT2D eigenvalue weighted by molar-refractivity contribution is 7.92. The summed E-state index contributed by atoms with van der Waals surface area (Å²) in [6.45, 7) is 0. The van der Waals surface area contributed by atoms with E-state index in [1.807, 2.05) is 36.4 Å². The number of sulfonamides is 1. The minimum absolute atomic E-state index is 0. The summed E-state index contributed by atoms with van der Waals surface area (Å²) in [6, 6.07) is 19.2. The number of methoxy groups -OCH3 is 2. The Morgan fingerprint density at radius 2 is 1.60 bits per heavy atom. The van der Waals surface area contributed by atoms with Crippen molar-refractivity contribution in [3.05, 3.63) is 66.7 Å². The lowest BCUT2D eigenvalue weighted by Crippen LogP contribution is -2.14. The molecule has 0 saturated heterocycles. The smallest absolute Gasteiger partial charge is 0.262 e. The Labute approximate surface area is 175 Å². The van der Waals surface area contributed by atoms with Gasteiger partial charge in [-0.3, -0.25) is 4.72 Å². The van der Waals surface area contributed by atoms with Crippen molar-refractivity contribution in [1.29, 1.82) is 0 Å². The first kappa shape index (κ1) is 21.2. The quantitative estimate of drug-likeness (QED) is 0.468. The number of imidazole rings is 1. The van der Waals surface area contributed by atoms with Gasteiger partial charge >= 0.3 is 0 Å². The van der Waals surface area contributed by atoms with E-state index in [0.29, 0.717) is 28.6 Å². The fourth-order valence-corrected chi connectivity index (χ4v) is 4.14. The summed E-state index contributed by atoms with van der Waals surface area (Å²) in [5, 5.41) is 0. The minimum Gasteiger partial charge on any atom is -0.493 e. The Hall–Kier alpha value is -3.52. The van der Waals surface area contributed by atoms with E-state index in [1.54, 1.807) is 18.2 Å². The third kappa shape index (κ3) is 3.95. The van der Waals surface area contributed by atoms with Crippen LogP contribution in [0.5, 0.6) is 11.5 Å². The normalized spacial score (nSPS) is 11.0. The van der Waals surface area contributed by atoms with Gasteiger partial charge in [-0.25, -0.2) is 13.4 Å². The number of nitrogens with one attached hydrogen (secondary N) is 2. The molecule has 8 heteroatoms. The van der Waals surface area contributed by atoms with Crippen molar-refractivity contribution in [2.45, 2.75) is 12.3 Å². The molecule has 3 aromatic carbocycles. The van der Waals surface area contributed by atoms with Crippen molar-refractivity contribution in [3.8, 4) is 22.9 Å². The Kier molecular flexibility index (Phi) is 5.98. The fraction of sp³-hybridized carbons (Fsp3) is 0.136. The van der Waals surface area contributed by atoms with Gasteiger partial charge in [-0.15, -0.1) is 0 Å². The van der Waals surface area contributed by atoms with Gasteiger partial charge in [-0.2, -0.15) is 0 Å². The maximum Gasteiger partial charge on any atom is 0.262 e. The summed E-state index contributed by atoms with van der Waals surface area (Å²) < 4.78 is 39.0. The molecule has 0 amide bonds. The Morgan fingerprint density at radius 1 is 0.900 bits per heavy atom. The van der Waals surface area contributed by atoms with Crippen molar-refractivity contribution in [1.82, 2.24) is 9.97 Å². The second-order valence-electron chi connectivity index (χ2n) is 6.27. The molecule has 0 saturated carbocycles. The van der Waals surface area contributed by atoms with Crippen molar-refractivity contribution < 1.29 is 17.9 Å². The molecule has 0 spiro atoms. The van der Waals surface area contributed by atoms with Crippen molar-refractivity contribution in [3.63, 3.8) is 0 Å². The standard InChI is InChI=1S/C21H19N3O4S.CH4/c1-27-19-12-11-14(13-20(19)28-2)29(25,26)24-16-8-4-3-7-15(16)21-22-17-9-5-6-10-18(17)23-21;/h3-13,24H,1-2H3,(H,22,23);1H4. The monoisotopic (exact) mass is 425 g/mol. The van der Waals surface area contributed by atoms with E-state index in [-0.39, 0.29) is 12.3 Å². The zero-order chi connectivity index (χ0) is 20.4. The van der Waals surface area contributed by atoms with Gasteiger partial charge in [0.25, 0.3) is 10.0 Å². The number of benzene rings is 3. The van der Waals surface area contributed by atoms with Crippen LogP contribution in [-0.4, -0.2) is 32.6 Å². The number of H-pyrrole nitrogens is 1. The van der Waals surface area contributed by atoms with Gasteiger partial charge in [0.2, 0.25) is 0 Å². The van der Waals surface area contributed by atoms with Crippen LogP contribution in [0.2, 0.25) is 0 Å². The molecule has 0 aliphatic carbocycles. The zero-order valence-corrected chi connectivity index (χ0v) is 16.7. The molecule has 0 atom stereocenters. The molecule has 4 aromatic rings. The number of hydrogen-bond donors (Lipinski definition) is 2. The van der Waals surface area contributed by atoms with Crippen LogP contribution >= 0.6 is 0 Å². The van der Waals surface area contributed by atoms with Crippen LogP contribution < -0.4 is 14.2 Å². The highest BCUT2D eigenvalue weighted by Crippen LogP contribution is 2.32. The highest BCUT2D eigenvalue weighted by Gasteiger charge is 2.20. The van der Waals surface area contributed by atoms with Gasteiger partial charge in [0, 0.05) is 11.6 Å². The number of aromatic amines is 1. The third-order valence-corrected chi connectivity index (χ3v) is 5.84. The van der Waals surface area contributed by atoms with Crippen molar-refractivity contribution >= 4 is 26.7 Å². The zero-order valence-electron chi connectivity index (χ0n) is 15.8. The lowest BCUT2D eigenvalue weighted by molar-refractivity contribution is 0.354. The van der Waals surface area contributed by atoms with Gasteiger partial charge in [-0.05, 0) is 36.4 Å². The van der Waals surface area contributed by atoms with Gasteiger partial charge in [0.05, 0.1) is 35.8 Å². The lowest BCUT2D eigenvalue weighted by atomic mass is 10.2.